The standard InChI is InChI=1S/C18H15ClN2O4/c1-12(18(23)21-15-6-2-13(10-20)3-7-15)25-17(22)11-24-16-8-4-14(19)5-9-16/h2-9,12H,11H2,1H3,(H,21,23)/t12-/m1/s1. The highest BCUT2D eigenvalue weighted by molar-refractivity contribution is 6.30. The molecule has 0 saturated carbocycles. The van der Waals surface area contributed by atoms with Crippen LogP contribution in [0.4, 0.5) is 5.69 Å². The lowest BCUT2D eigenvalue weighted by atomic mass is 10.2. The molecule has 1 N–H and O–H groups in total. The molecular weight excluding hydrogens is 344 g/mol. The summed E-state index contributed by atoms with van der Waals surface area (Å²) in [5.74, 6) is -0.682. The molecule has 2 aromatic carbocycles. The number of nitrogens with one attached hydrogen (secondary N) is 1. The van der Waals surface area contributed by atoms with E-state index in [-0.39, 0.29) is 6.61 Å². The van der Waals surface area contributed by atoms with Gasteiger partial charge >= 0.3 is 5.97 Å². The summed E-state index contributed by atoms with van der Waals surface area (Å²) < 4.78 is 10.3. The number of hydrogen-bond acceptors (Lipinski definition) is 5. The zero-order valence-electron chi connectivity index (χ0n) is 13.4. The van der Waals surface area contributed by atoms with Crippen LogP contribution in [0.1, 0.15) is 12.5 Å². The van der Waals surface area contributed by atoms with Crippen LogP contribution in [-0.2, 0) is 14.3 Å². The molecule has 0 saturated heterocycles. The first kappa shape index (κ1) is 18.3. The Labute approximate surface area is 149 Å². The second-order valence-corrected chi connectivity index (χ2v) is 5.49. The van der Waals surface area contributed by atoms with Gasteiger partial charge in [-0.1, -0.05) is 11.6 Å². The lowest BCUT2D eigenvalue weighted by molar-refractivity contribution is -0.155. The number of esters is 1. The van der Waals surface area contributed by atoms with Gasteiger partial charge in [0.1, 0.15) is 5.75 Å². The number of ether oxygens (including phenoxy) is 2. The van der Waals surface area contributed by atoms with Gasteiger partial charge in [0.2, 0.25) is 0 Å². The number of nitriles is 1. The van der Waals surface area contributed by atoms with E-state index >= 15 is 0 Å². The summed E-state index contributed by atoms with van der Waals surface area (Å²) in [6.07, 6.45) is -0.989. The molecule has 2 rings (SSSR count). The first-order valence-electron chi connectivity index (χ1n) is 7.37. The van der Waals surface area contributed by atoms with Crippen LogP contribution >= 0.6 is 11.6 Å². The first-order chi connectivity index (χ1) is 12.0. The van der Waals surface area contributed by atoms with E-state index in [4.69, 9.17) is 26.3 Å². The van der Waals surface area contributed by atoms with E-state index in [1.165, 1.54) is 6.92 Å². The largest absolute Gasteiger partial charge is 0.482 e. The second kappa shape index (κ2) is 8.71. The molecule has 7 heteroatoms. The fraction of sp³-hybridized carbons (Fsp3) is 0.167. The van der Waals surface area contributed by atoms with Crippen molar-refractivity contribution in [3.63, 3.8) is 0 Å². The van der Waals surface area contributed by atoms with Gasteiger partial charge in [-0.2, -0.15) is 5.26 Å². The predicted molar refractivity (Wildman–Crippen MR) is 92.3 cm³/mol. The third-order valence-electron chi connectivity index (χ3n) is 3.13. The van der Waals surface area contributed by atoms with Crippen LogP contribution in [0.2, 0.25) is 5.02 Å². The topological polar surface area (TPSA) is 88.4 Å². The van der Waals surface area contributed by atoms with Gasteiger partial charge in [0.25, 0.3) is 5.91 Å². The van der Waals surface area contributed by atoms with E-state index in [0.717, 1.165) is 0 Å². The van der Waals surface area contributed by atoms with Crippen molar-refractivity contribution in [2.75, 3.05) is 11.9 Å². The van der Waals surface area contributed by atoms with Gasteiger partial charge in [-0.05, 0) is 55.5 Å². The minimum Gasteiger partial charge on any atom is -0.482 e. The van der Waals surface area contributed by atoms with E-state index in [1.807, 2.05) is 6.07 Å². The van der Waals surface area contributed by atoms with Crippen LogP contribution in [0.3, 0.4) is 0 Å². The molecule has 0 heterocycles. The highest BCUT2D eigenvalue weighted by Gasteiger charge is 2.18. The minimum atomic E-state index is -0.989. The van der Waals surface area contributed by atoms with Gasteiger partial charge in [0.15, 0.2) is 12.7 Å². The fourth-order valence-electron chi connectivity index (χ4n) is 1.83. The van der Waals surface area contributed by atoms with Crippen molar-refractivity contribution < 1.29 is 19.1 Å². The molecule has 2 aromatic rings. The van der Waals surface area contributed by atoms with Crippen molar-refractivity contribution in [2.45, 2.75) is 13.0 Å². The Balaban J connectivity index is 1.80. The van der Waals surface area contributed by atoms with Crippen LogP contribution in [0.5, 0.6) is 5.75 Å². The Morgan fingerprint density at radius 1 is 1.16 bits per heavy atom. The third kappa shape index (κ3) is 5.83. The lowest BCUT2D eigenvalue weighted by Gasteiger charge is -2.14. The summed E-state index contributed by atoms with van der Waals surface area (Å²) in [7, 11) is 0. The van der Waals surface area contributed by atoms with Gasteiger partial charge in [0.05, 0.1) is 11.6 Å². The number of anilines is 1. The number of nitrogens with zero attached hydrogens (tertiary/aromatic N) is 1. The summed E-state index contributed by atoms with van der Waals surface area (Å²) in [6, 6.07) is 14.8. The molecule has 1 atom stereocenters. The molecule has 1 amide bonds. The Hall–Kier alpha value is -3.04. The second-order valence-electron chi connectivity index (χ2n) is 5.05. The molecule has 0 radical (unpaired) electrons. The summed E-state index contributed by atoms with van der Waals surface area (Å²) in [5.41, 5.74) is 0.987. The van der Waals surface area contributed by atoms with Crippen molar-refractivity contribution in [3.8, 4) is 11.8 Å². The molecular formula is C18H15ClN2O4. The Kier molecular flexibility index (Phi) is 6.38. The molecule has 0 aliphatic heterocycles. The molecule has 0 aromatic heterocycles. The number of carbonyl (C=O) groups excluding carboxylic acids is 2. The summed E-state index contributed by atoms with van der Waals surface area (Å²) in [5, 5.41) is 11.9. The summed E-state index contributed by atoms with van der Waals surface area (Å²) in [4.78, 5) is 23.8. The van der Waals surface area contributed by atoms with E-state index < -0.39 is 18.0 Å². The number of halogens is 1. The Bertz CT molecular complexity index is 782. The van der Waals surface area contributed by atoms with Crippen molar-refractivity contribution in [3.05, 3.63) is 59.1 Å². The smallest absolute Gasteiger partial charge is 0.344 e. The lowest BCUT2D eigenvalue weighted by Crippen LogP contribution is -2.31. The summed E-state index contributed by atoms with van der Waals surface area (Å²) >= 11 is 5.75. The monoisotopic (exact) mass is 358 g/mol. The van der Waals surface area contributed by atoms with Crippen molar-refractivity contribution >= 4 is 29.2 Å². The van der Waals surface area contributed by atoms with Crippen LogP contribution in [-0.4, -0.2) is 24.6 Å². The van der Waals surface area contributed by atoms with Crippen LogP contribution in [0.25, 0.3) is 0 Å². The quantitative estimate of drug-likeness (QED) is 0.801. The SMILES string of the molecule is C[C@@H](OC(=O)COc1ccc(Cl)cc1)C(=O)Nc1ccc(C#N)cc1. The van der Waals surface area contributed by atoms with Gasteiger partial charge in [-0.25, -0.2) is 4.79 Å². The van der Waals surface area contributed by atoms with Crippen LogP contribution < -0.4 is 10.1 Å². The Morgan fingerprint density at radius 2 is 1.80 bits per heavy atom. The number of benzene rings is 2. The number of rotatable bonds is 6. The zero-order valence-corrected chi connectivity index (χ0v) is 14.1. The first-order valence-corrected chi connectivity index (χ1v) is 7.74. The molecule has 0 aliphatic carbocycles. The molecule has 128 valence electrons. The van der Waals surface area contributed by atoms with E-state index in [0.29, 0.717) is 22.0 Å². The molecule has 0 unspecified atom stereocenters. The average Bonchev–Trinajstić information content (AvgIpc) is 2.61. The number of hydrogen-bond donors (Lipinski definition) is 1. The third-order valence-corrected chi connectivity index (χ3v) is 3.38. The minimum absolute atomic E-state index is 0.323. The van der Waals surface area contributed by atoms with E-state index in [2.05, 4.69) is 5.32 Å². The maximum atomic E-state index is 12.0. The van der Waals surface area contributed by atoms with Gasteiger partial charge in [-0.15, -0.1) is 0 Å². The molecule has 6 nitrogen and oxygen atoms in total. The normalized spacial score (nSPS) is 11.1. The number of amides is 1. The van der Waals surface area contributed by atoms with Gasteiger partial charge in [-0.3, -0.25) is 4.79 Å². The number of carbonyl (C=O) groups is 2. The average molecular weight is 359 g/mol. The fourth-order valence-corrected chi connectivity index (χ4v) is 1.96. The maximum absolute atomic E-state index is 12.0. The maximum Gasteiger partial charge on any atom is 0.344 e. The van der Waals surface area contributed by atoms with Crippen molar-refractivity contribution in [1.82, 2.24) is 0 Å². The highest BCUT2D eigenvalue weighted by atomic mass is 35.5. The highest BCUT2D eigenvalue weighted by Crippen LogP contribution is 2.15. The Morgan fingerprint density at radius 3 is 2.40 bits per heavy atom. The van der Waals surface area contributed by atoms with Crippen molar-refractivity contribution in [1.29, 1.82) is 5.26 Å². The molecule has 0 fully saturated rings. The molecule has 0 bridgehead atoms. The molecule has 0 aliphatic rings. The molecule has 0 spiro atoms. The van der Waals surface area contributed by atoms with Gasteiger partial charge in [0, 0.05) is 10.7 Å². The molecule has 25 heavy (non-hydrogen) atoms. The van der Waals surface area contributed by atoms with Crippen LogP contribution in [0.15, 0.2) is 48.5 Å². The van der Waals surface area contributed by atoms with E-state index in [1.54, 1.807) is 48.5 Å². The van der Waals surface area contributed by atoms with Crippen molar-refractivity contribution in [2.24, 2.45) is 0 Å². The summed E-state index contributed by atoms with van der Waals surface area (Å²) in [6.45, 7) is 1.13. The van der Waals surface area contributed by atoms with Gasteiger partial charge < -0.3 is 14.8 Å². The predicted octanol–water partition coefficient (Wildman–Crippen LogP) is 3.16. The zero-order chi connectivity index (χ0) is 18.2. The van der Waals surface area contributed by atoms with E-state index in [9.17, 15) is 9.59 Å². The van der Waals surface area contributed by atoms with Crippen LogP contribution in [0, 0.1) is 11.3 Å².